The minimum Gasteiger partial charge on any atom is -0.481 e. The van der Waals surface area contributed by atoms with Gasteiger partial charge in [0.1, 0.15) is 6.04 Å². The number of hydrogen-bond donors (Lipinski definition) is 3. The Balaban J connectivity index is 4.45. The molecule has 0 bridgehead atoms. The van der Waals surface area contributed by atoms with Crippen LogP contribution in [0.2, 0.25) is 0 Å². The van der Waals surface area contributed by atoms with E-state index in [0.717, 1.165) is 6.42 Å². The first-order chi connectivity index (χ1) is 8.29. The number of hydrogen-bond acceptors (Lipinski definition) is 3. The average Bonchev–Trinajstić information content (AvgIpc) is 2.31. The van der Waals surface area contributed by atoms with E-state index >= 15 is 0 Å². The molecule has 0 rings (SSSR count). The summed E-state index contributed by atoms with van der Waals surface area (Å²) in [7, 11) is 1.57. The first-order valence-electron chi connectivity index (χ1n) is 5.77. The zero-order valence-corrected chi connectivity index (χ0v) is 10.8. The largest absolute Gasteiger partial charge is 0.481 e. The molecule has 0 radical (unpaired) electrons. The fraction of sp³-hybridized carbons (Fsp3) is 0.727. The fourth-order valence-corrected chi connectivity index (χ4v) is 1.25. The van der Waals surface area contributed by atoms with Crippen LogP contribution in [0.15, 0.2) is 0 Å². The van der Waals surface area contributed by atoms with Crippen molar-refractivity contribution in [2.24, 2.45) is 0 Å². The van der Waals surface area contributed by atoms with Crippen molar-refractivity contribution in [2.75, 3.05) is 7.05 Å². The number of carbonyl (C=O) groups excluding carboxylic acids is 1. The third-order valence-electron chi connectivity index (χ3n) is 2.82. The number of aliphatic carboxylic acids is 2. The van der Waals surface area contributed by atoms with Crippen molar-refractivity contribution in [1.82, 2.24) is 10.2 Å². The molecule has 7 nitrogen and oxygen atoms in total. The molecule has 3 N–H and O–H groups in total. The highest BCUT2D eigenvalue weighted by molar-refractivity contribution is 5.83. The van der Waals surface area contributed by atoms with Crippen molar-refractivity contribution in [2.45, 2.75) is 45.2 Å². The van der Waals surface area contributed by atoms with Crippen molar-refractivity contribution >= 4 is 18.0 Å². The highest BCUT2D eigenvalue weighted by atomic mass is 16.4. The van der Waals surface area contributed by atoms with E-state index in [1.807, 2.05) is 13.8 Å². The topological polar surface area (TPSA) is 107 Å². The summed E-state index contributed by atoms with van der Waals surface area (Å²) in [6, 6.07) is -1.71. The number of rotatable bonds is 7. The Kier molecular flexibility index (Phi) is 6.77. The molecule has 7 heteroatoms. The lowest BCUT2D eigenvalue weighted by molar-refractivity contribution is -0.140. The predicted octanol–water partition coefficient (Wildman–Crippen LogP) is 0.744. The molecule has 0 aromatic rings. The maximum atomic E-state index is 11.7. The van der Waals surface area contributed by atoms with Gasteiger partial charge in [0.15, 0.2) is 0 Å². The highest BCUT2D eigenvalue weighted by Gasteiger charge is 2.23. The third-order valence-corrected chi connectivity index (χ3v) is 2.82. The standard InChI is InChI=1S/C11H20N2O5/c1-4-7(2)13(3)11(18)12-8(10(16)17)5-6-9(14)15/h7-8H,4-6H2,1-3H3,(H,12,18)(H,14,15)(H,16,17). The molecule has 0 aliphatic rings. The molecule has 104 valence electrons. The Morgan fingerprint density at radius 3 is 2.22 bits per heavy atom. The van der Waals surface area contributed by atoms with Gasteiger partial charge in [-0.05, 0) is 19.8 Å². The molecule has 0 saturated heterocycles. The summed E-state index contributed by atoms with van der Waals surface area (Å²) >= 11 is 0. The second-order valence-corrected chi connectivity index (χ2v) is 4.14. The van der Waals surface area contributed by atoms with E-state index in [1.165, 1.54) is 4.90 Å². The number of nitrogens with zero attached hydrogens (tertiary/aromatic N) is 1. The van der Waals surface area contributed by atoms with Crippen molar-refractivity contribution in [1.29, 1.82) is 0 Å². The lowest BCUT2D eigenvalue weighted by Crippen LogP contribution is -2.49. The molecule has 0 heterocycles. The number of carbonyl (C=O) groups is 3. The van der Waals surface area contributed by atoms with Gasteiger partial charge in [-0.15, -0.1) is 0 Å². The van der Waals surface area contributed by atoms with E-state index in [1.54, 1.807) is 7.05 Å². The summed E-state index contributed by atoms with van der Waals surface area (Å²) in [6.07, 6.45) is 0.311. The van der Waals surface area contributed by atoms with Gasteiger partial charge < -0.3 is 20.4 Å². The van der Waals surface area contributed by atoms with Crippen LogP contribution in [0.3, 0.4) is 0 Å². The van der Waals surface area contributed by atoms with Crippen molar-refractivity contribution < 1.29 is 24.6 Å². The zero-order valence-electron chi connectivity index (χ0n) is 10.8. The van der Waals surface area contributed by atoms with Crippen LogP contribution in [0, 0.1) is 0 Å². The monoisotopic (exact) mass is 260 g/mol. The average molecular weight is 260 g/mol. The van der Waals surface area contributed by atoms with E-state index in [2.05, 4.69) is 5.32 Å². The molecule has 18 heavy (non-hydrogen) atoms. The second kappa shape index (κ2) is 7.52. The Morgan fingerprint density at radius 1 is 1.28 bits per heavy atom. The number of nitrogens with one attached hydrogen (secondary N) is 1. The summed E-state index contributed by atoms with van der Waals surface area (Å²) in [6.45, 7) is 3.75. The smallest absolute Gasteiger partial charge is 0.326 e. The number of urea groups is 1. The van der Waals surface area contributed by atoms with Crippen molar-refractivity contribution in [3.63, 3.8) is 0 Å². The van der Waals surface area contributed by atoms with Crippen LogP contribution < -0.4 is 5.32 Å². The quantitative estimate of drug-likeness (QED) is 0.626. The van der Waals surface area contributed by atoms with E-state index < -0.39 is 24.0 Å². The number of carboxylic acids is 2. The summed E-state index contributed by atoms with van der Waals surface area (Å²) in [4.78, 5) is 34.4. The van der Waals surface area contributed by atoms with E-state index in [9.17, 15) is 14.4 Å². The van der Waals surface area contributed by atoms with Crippen molar-refractivity contribution in [3.8, 4) is 0 Å². The predicted molar refractivity (Wildman–Crippen MR) is 64.3 cm³/mol. The van der Waals surface area contributed by atoms with Gasteiger partial charge in [0, 0.05) is 19.5 Å². The van der Waals surface area contributed by atoms with Gasteiger partial charge in [0.05, 0.1) is 0 Å². The lowest BCUT2D eigenvalue weighted by Gasteiger charge is -2.26. The molecular weight excluding hydrogens is 240 g/mol. The van der Waals surface area contributed by atoms with Crippen LogP contribution >= 0.6 is 0 Å². The maximum Gasteiger partial charge on any atom is 0.326 e. The maximum absolute atomic E-state index is 11.7. The summed E-state index contributed by atoms with van der Waals surface area (Å²) in [5.74, 6) is -2.33. The van der Waals surface area contributed by atoms with Gasteiger partial charge >= 0.3 is 18.0 Å². The van der Waals surface area contributed by atoms with Crippen molar-refractivity contribution in [3.05, 3.63) is 0 Å². The second-order valence-electron chi connectivity index (χ2n) is 4.14. The van der Waals surface area contributed by atoms with Crippen LogP contribution in [-0.4, -0.2) is 52.2 Å². The number of carboxylic acid groups (broad SMARTS) is 2. The van der Waals surface area contributed by atoms with Gasteiger partial charge in [-0.1, -0.05) is 6.92 Å². The zero-order chi connectivity index (χ0) is 14.3. The summed E-state index contributed by atoms with van der Waals surface area (Å²) < 4.78 is 0. The minimum absolute atomic E-state index is 0.0149. The van der Waals surface area contributed by atoms with Gasteiger partial charge in [-0.25, -0.2) is 9.59 Å². The van der Waals surface area contributed by atoms with Crippen LogP contribution in [0.1, 0.15) is 33.1 Å². The Hall–Kier alpha value is -1.79. The first-order valence-corrected chi connectivity index (χ1v) is 5.77. The molecule has 2 unspecified atom stereocenters. The molecule has 2 atom stereocenters. The molecule has 0 aromatic carbocycles. The molecule has 0 saturated carbocycles. The van der Waals surface area contributed by atoms with Gasteiger partial charge in [0.2, 0.25) is 0 Å². The lowest BCUT2D eigenvalue weighted by atomic mass is 10.1. The number of amides is 2. The van der Waals surface area contributed by atoms with Crippen LogP contribution in [0.4, 0.5) is 4.79 Å². The molecule has 0 fully saturated rings. The summed E-state index contributed by atoms with van der Waals surface area (Å²) in [5, 5.41) is 19.7. The Morgan fingerprint density at radius 2 is 1.83 bits per heavy atom. The van der Waals surface area contributed by atoms with Gasteiger partial charge in [-0.2, -0.15) is 0 Å². The SMILES string of the molecule is CCC(C)N(C)C(=O)NC(CCC(=O)O)C(=O)O. The fourth-order valence-electron chi connectivity index (χ4n) is 1.25. The highest BCUT2D eigenvalue weighted by Crippen LogP contribution is 2.03. The molecule has 2 amide bonds. The minimum atomic E-state index is -1.23. The van der Waals surface area contributed by atoms with Gasteiger partial charge in [0.25, 0.3) is 0 Å². The molecule has 0 aromatic heterocycles. The molecular formula is C11H20N2O5. The van der Waals surface area contributed by atoms with E-state index in [0.29, 0.717) is 0 Å². The Bertz CT molecular complexity index is 319. The summed E-state index contributed by atoms with van der Waals surface area (Å²) in [5.41, 5.74) is 0. The molecule has 0 spiro atoms. The van der Waals surface area contributed by atoms with E-state index in [4.69, 9.17) is 10.2 Å². The third kappa shape index (κ3) is 5.51. The van der Waals surface area contributed by atoms with Crippen LogP contribution in [-0.2, 0) is 9.59 Å². The normalized spacial score (nSPS) is 13.5. The van der Waals surface area contributed by atoms with E-state index in [-0.39, 0.29) is 18.9 Å². The van der Waals surface area contributed by atoms with Crippen LogP contribution in [0.5, 0.6) is 0 Å². The van der Waals surface area contributed by atoms with Gasteiger partial charge in [-0.3, -0.25) is 4.79 Å². The van der Waals surface area contributed by atoms with Crippen LogP contribution in [0.25, 0.3) is 0 Å². The first kappa shape index (κ1) is 16.2. The molecule has 0 aliphatic carbocycles. The molecule has 0 aliphatic heterocycles. The Labute approximate surface area is 106 Å².